The number of carbonyl (C=O) groups excluding carboxylic acids is 2. The average Bonchev–Trinajstić information content (AvgIpc) is 3.16. The van der Waals surface area contributed by atoms with Gasteiger partial charge in [0.15, 0.2) is 0 Å². The van der Waals surface area contributed by atoms with Gasteiger partial charge in [0.05, 0.1) is 0 Å². The number of amides is 2. The van der Waals surface area contributed by atoms with Crippen molar-refractivity contribution in [3.8, 4) is 0 Å². The molecule has 10 nitrogen and oxygen atoms in total. The summed E-state index contributed by atoms with van der Waals surface area (Å²) in [5.41, 5.74) is 8.42. The Morgan fingerprint density at radius 2 is 1.86 bits per heavy atom. The highest BCUT2D eigenvalue weighted by Gasteiger charge is 2.16. The van der Waals surface area contributed by atoms with Gasteiger partial charge in [-0.15, -0.1) is 0 Å². The Bertz CT molecular complexity index is 1210. The molecule has 0 aliphatic carbocycles. The van der Waals surface area contributed by atoms with Crippen LogP contribution in [0, 0.1) is 0 Å². The lowest BCUT2D eigenvalue weighted by Gasteiger charge is -2.18. The van der Waals surface area contributed by atoms with Crippen molar-refractivity contribution in [2.45, 2.75) is 38.6 Å². The molecule has 2 aromatic carbocycles. The Labute approximate surface area is 216 Å². The molecule has 0 saturated carbocycles. The van der Waals surface area contributed by atoms with Crippen LogP contribution in [-0.4, -0.2) is 47.5 Å². The molecule has 1 aliphatic rings. The lowest BCUT2D eigenvalue weighted by Crippen LogP contribution is -2.21. The smallest absolute Gasteiger partial charge is 0.260 e. The molecule has 2 amide bonds. The molecule has 3 aromatic rings. The molecule has 1 aromatic heterocycles. The van der Waals surface area contributed by atoms with Crippen molar-refractivity contribution in [2.24, 2.45) is 5.73 Å². The van der Waals surface area contributed by atoms with E-state index in [4.69, 9.17) is 5.73 Å². The molecule has 37 heavy (non-hydrogen) atoms. The van der Waals surface area contributed by atoms with Crippen molar-refractivity contribution in [1.29, 1.82) is 0 Å². The maximum absolute atomic E-state index is 13.2. The average molecular weight is 503 g/mol. The summed E-state index contributed by atoms with van der Waals surface area (Å²) >= 11 is 0. The standard InChI is InChI=1S/C27H34N8O2/c1-2-13-30-25-23(17-31-27(35-25)34-20-10-8-18(9-11-20)24(28)36)26(37)33-22-6-3-5-21(16-22)32-19-7-4-14-29-15-12-19/h3,5-6,8-11,16-17,19,29,32H,2,4,7,12-15H2,1H3,(H2,28,36)(H,33,37)(H2,30,31,34,35). The predicted molar refractivity (Wildman–Crippen MR) is 148 cm³/mol. The van der Waals surface area contributed by atoms with Gasteiger partial charge in [-0.1, -0.05) is 13.0 Å². The van der Waals surface area contributed by atoms with Gasteiger partial charge in [-0.2, -0.15) is 4.98 Å². The minimum Gasteiger partial charge on any atom is -0.382 e. The third-order valence-corrected chi connectivity index (χ3v) is 6.07. The number of anilines is 5. The van der Waals surface area contributed by atoms with Crippen molar-refractivity contribution in [3.05, 3.63) is 65.9 Å². The van der Waals surface area contributed by atoms with Crippen LogP contribution >= 0.6 is 0 Å². The molecule has 7 N–H and O–H groups in total. The zero-order valence-corrected chi connectivity index (χ0v) is 21.0. The summed E-state index contributed by atoms with van der Waals surface area (Å²) < 4.78 is 0. The maximum Gasteiger partial charge on any atom is 0.260 e. The lowest BCUT2D eigenvalue weighted by molar-refractivity contribution is 0.0997. The minimum absolute atomic E-state index is 0.299. The first-order valence-corrected chi connectivity index (χ1v) is 12.7. The molecule has 1 atom stereocenters. The number of benzene rings is 2. The fourth-order valence-corrected chi connectivity index (χ4v) is 4.12. The third-order valence-electron chi connectivity index (χ3n) is 6.07. The minimum atomic E-state index is -0.493. The van der Waals surface area contributed by atoms with Crippen LogP contribution in [0.2, 0.25) is 0 Å². The van der Waals surface area contributed by atoms with Gasteiger partial charge >= 0.3 is 0 Å². The van der Waals surface area contributed by atoms with Gasteiger partial charge in [-0.3, -0.25) is 9.59 Å². The number of nitrogens with two attached hydrogens (primary N) is 1. The molecule has 1 aliphatic heterocycles. The van der Waals surface area contributed by atoms with Crippen LogP contribution < -0.4 is 32.3 Å². The molecule has 4 rings (SSSR count). The Hall–Kier alpha value is -4.18. The number of carbonyl (C=O) groups is 2. The molecule has 0 bridgehead atoms. The zero-order valence-electron chi connectivity index (χ0n) is 21.0. The highest BCUT2D eigenvalue weighted by Crippen LogP contribution is 2.22. The number of hydrogen-bond donors (Lipinski definition) is 6. The number of nitrogens with one attached hydrogen (secondary N) is 5. The number of aromatic nitrogens is 2. The third kappa shape index (κ3) is 7.40. The number of primary amides is 1. The van der Waals surface area contributed by atoms with Crippen LogP contribution in [-0.2, 0) is 0 Å². The van der Waals surface area contributed by atoms with Crippen molar-refractivity contribution < 1.29 is 9.59 Å². The summed E-state index contributed by atoms with van der Waals surface area (Å²) in [6.07, 6.45) is 5.69. The Morgan fingerprint density at radius 1 is 1.05 bits per heavy atom. The Morgan fingerprint density at radius 3 is 2.65 bits per heavy atom. The second-order valence-corrected chi connectivity index (χ2v) is 9.01. The van der Waals surface area contributed by atoms with Gasteiger partial charge in [-0.05, 0) is 81.2 Å². The van der Waals surface area contributed by atoms with E-state index < -0.39 is 5.91 Å². The van der Waals surface area contributed by atoms with Crippen LogP contribution in [0.25, 0.3) is 0 Å². The highest BCUT2D eigenvalue weighted by molar-refractivity contribution is 6.07. The first-order chi connectivity index (χ1) is 18.0. The van der Waals surface area contributed by atoms with E-state index in [9.17, 15) is 9.59 Å². The molecular formula is C27H34N8O2. The van der Waals surface area contributed by atoms with E-state index in [1.54, 1.807) is 24.3 Å². The van der Waals surface area contributed by atoms with Gasteiger partial charge in [0.2, 0.25) is 11.9 Å². The molecule has 1 unspecified atom stereocenters. The molecule has 2 heterocycles. The summed E-state index contributed by atoms with van der Waals surface area (Å²) in [5.74, 6) is -0.0315. The van der Waals surface area contributed by atoms with E-state index in [1.165, 1.54) is 6.20 Å². The number of hydrogen-bond acceptors (Lipinski definition) is 8. The zero-order chi connectivity index (χ0) is 26.0. The molecule has 0 radical (unpaired) electrons. The Kier molecular flexibility index (Phi) is 8.88. The molecule has 1 fully saturated rings. The molecule has 194 valence electrons. The van der Waals surface area contributed by atoms with E-state index >= 15 is 0 Å². The van der Waals surface area contributed by atoms with Crippen molar-refractivity contribution in [3.63, 3.8) is 0 Å². The summed E-state index contributed by atoms with van der Waals surface area (Å²) in [7, 11) is 0. The van der Waals surface area contributed by atoms with E-state index in [0.29, 0.717) is 46.9 Å². The van der Waals surface area contributed by atoms with Gasteiger partial charge in [0.25, 0.3) is 5.91 Å². The van der Waals surface area contributed by atoms with E-state index in [0.717, 1.165) is 44.5 Å². The summed E-state index contributed by atoms with van der Waals surface area (Å²) in [5, 5.41) is 16.3. The van der Waals surface area contributed by atoms with Gasteiger partial charge in [-0.25, -0.2) is 4.98 Å². The van der Waals surface area contributed by atoms with Gasteiger partial charge in [0, 0.05) is 41.4 Å². The maximum atomic E-state index is 13.2. The normalized spacial score (nSPS) is 15.3. The first kappa shape index (κ1) is 25.9. The summed E-state index contributed by atoms with van der Waals surface area (Å²) in [4.78, 5) is 33.3. The van der Waals surface area contributed by atoms with Crippen LogP contribution in [0.1, 0.15) is 53.3 Å². The van der Waals surface area contributed by atoms with E-state index in [1.807, 2.05) is 31.2 Å². The van der Waals surface area contributed by atoms with Gasteiger partial charge in [0.1, 0.15) is 11.4 Å². The van der Waals surface area contributed by atoms with Crippen LogP contribution in [0.3, 0.4) is 0 Å². The topological polar surface area (TPSA) is 146 Å². The summed E-state index contributed by atoms with van der Waals surface area (Å²) in [6, 6.07) is 14.8. The first-order valence-electron chi connectivity index (χ1n) is 12.7. The molecular weight excluding hydrogens is 468 g/mol. The van der Waals surface area contributed by atoms with E-state index in [2.05, 4.69) is 36.6 Å². The Balaban J connectivity index is 1.47. The molecule has 1 saturated heterocycles. The van der Waals surface area contributed by atoms with E-state index in [-0.39, 0.29) is 5.91 Å². The lowest BCUT2D eigenvalue weighted by atomic mass is 10.1. The van der Waals surface area contributed by atoms with Gasteiger partial charge < -0.3 is 32.3 Å². The second kappa shape index (κ2) is 12.7. The molecule has 10 heteroatoms. The fraction of sp³-hybridized carbons (Fsp3) is 0.333. The summed E-state index contributed by atoms with van der Waals surface area (Å²) in [6.45, 7) is 4.75. The van der Waals surface area contributed by atoms with Crippen molar-refractivity contribution >= 4 is 40.6 Å². The number of nitrogens with zero attached hydrogens (tertiary/aromatic N) is 2. The van der Waals surface area contributed by atoms with Crippen LogP contribution in [0.5, 0.6) is 0 Å². The SMILES string of the molecule is CCCNc1nc(Nc2ccc(C(N)=O)cc2)ncc1C(=O)Nc1cccc(NC2CCCNCC2)c1. The largest absolute Gasteiger partial charge is 0.382 e. The fourth-order valence-electron chi connectivity index (χ4n) is 4.12. The second-order valence-electron chi connectivity index (χ2n) is 9.01. The number of rotatable bonds is 10. The highest BCUT2D eigenvalue weighted by atomic mass is 16.2. The van der Waals surface area contributed by atoms with Crippen molar-refractivity contribution in [2.75, 3.05) is 40.9 Å². The quantitative estimate of drug-likeness (QED) is 0.244. The van der Waals surface area contributed by atoms with Crippen molar-refractivity contribution in [1.82, 2.24) is 15.3 Å². The van der Waals surface area contributed by atoms with Crippen LogP contribution in [0.15, 0.2) is 54.7 Å². The monoisotopic (exact) mass is 502 g/mol. The molecule has 0 spiro atoms. The predicted octanol–water partition coefficient (Wildman–Crippen LogP) is 3.95. The van der Waals surface area contributed by atoms with Crippen LogP contribution in [0.4, 0.5) is 28.8 Å².